The van der Waals surface area contributed by atoms with Crippen LogP contribution in [-0.4, -0.2) is 5.11 Å². The van der Waals surface area contributed by atoms with E-state index in [1.54, 1.807) is 6.07 Å². The molecule has 0 heterocycles. The Morgan fingerprint density at radius 2 is 1.83 bits per heavy atom. The van der Waals surface area contributed by atoms with Crippen LogP contribution in [0.2, 0.25) is 0 Å². The molecule has 2 aromatic carbocycles. The molecule has 18 heavy (non-hydrogen) atoms. The molecule has 0 unspecified atom stereocenters. The van der Waals surface area contributed by atoms with Crippen LogP contribution in [-0.2, 0) is 6.42 Å². The minimum Gasteiger partial charge on any atom is -0.508 e. The summed E-state index contributed by atoms with van der Waals surface area (Å²) < 4.78 is 0. The van der Waals surface area contributed by atoms with Crippen LogP contribution in [0.15, 0.2) is 30.3 Å². The topological polar surface area (TPSA) is 20.2 Å². The highest BCUT2D eigenvalue weighted by molar-refractivity contribution is 5.88. The third kappa shape index (κ3) is 2.84. The Labute approximate surface area is 109 Å². The summed E-state index contributed by atoms with van der Waals surface area (Å²) in [4.78, 5) is 0. The van der Waals surface area contributed by atoms with E-state index in [2.05, 4.69) is 25.1 Å². The molecule has 1 N–H and O–H groups in total. The fourth-order valence-corrected chi connectivity index (χ4v) is 2.43. The van der Waals surface area contributed by atoms with Gasteiger partial charge in [0.15, 0.2) is 0 Å². The number of unbranched alkanes of at least 4 members (excludes halogenated alkanes) is 3. The summed E-state index contributed by atoms with van der Waals surface area (Å²) in [5.41, 5.74) is 2.38. The number of hydrogen-bond donors (Lipinski definition) is 1. The van der Waals surface area contributed by atoms with Gasteiger partial charge < -0.3 is 5.11 Å². The number of aryl methyl sites for hydroxylation is 2. The molecule has 0 spiro atoms. The average molecular weight is 242 g/mol. The third-order valence-electron chi connectivity index (χ3n) is 3.64. The van der Waals surface area contributed by atoms with Crippen LogP contribution < -0.4 is 0 Å². The number of benzene rings is 2. The standard InChI is InChI=1S/C17H22O/c1-3-4-5-6-7-14-8-10-16-13(2)17(18)11-9-15(16)12-14/h8-12,18H,3-7H2,1-2H3. The van der Waals surface area contributed by atoms with Crippen LogP contribution in [0.1, 0.15) is 43.7 Å². The van der Waals surface area contributed by atoms with Gasteiger partial charge in [0.05, 0.1) is 0 Å². The van der Waals surface area contributed by atoms with E-state index in [1.165, 1.54) is 36.6 Å². The van der Waals surface area contributed by atoms with Gasteiger partial charge in [-0.3, -0.25) is 0 Å². The predicted octanol–water partition coefficient (Wildman–Crippen LogP) is 4.98. The van der Waals surface area contributed by atoms with Crippen LogP contribution in [0.5, 0.6) is 5.75 Å². The lowest BCUT2D eigenvalue weighted by Gasteiger charge is -2.07. The summed E-state index contributed by atoms with van der Waals surface area (Å²) in [7, 11) is 0. The molecular weight excluding hydrogens is 220 g/mol. The predicted molar refractivity (Wildman–Crippen MR) is 78.2 cm³/mol. The van der Waals surface area contributed by atoms with Gasteiger partial charge in [-0.05, 0) is 47.7 Å². The normalized spacial score (nSPS) is 11.0. The molecule has 0 amide bonds. The average Bonchev–Trinajstić information content (AvgIpc) is 2.39. The molecule has 0 aromatic heterocycles. The van der Waals surface area contributed by atoms with Gasteiger partial charge in [0.1, 0.15) is 5.75 Å². The summed E-state index contributed by atoms with van der Waals surface area (Å²) in [5, 5.41) is 12.1. The first-order valence-electron chi connectivity index (χ1n) is 6.93. The van der Waals surface area contributed by atoms with Gasteiger partial charge in [-0.25, -0.2) is 0 Å². The van der Waals surface area contributed by atoms with E-state index in [0.29, 0.717) is 5.75 Å². The second-order valence-corrected chi connectivity index (χ2v) is 5.08. The summed E-state index contributed by atoms with van der Waals surface area (Å²) in [6.07, 6.45) is 6.38. The lowest BCUT2D eigenvalue weighted by Crippen LogP contribution is -1.87. The maximum absolute atomic E-state index is 9.69. The van der Waals surface area contributed by atoms with E-state index >= 15 is 0 Å². The van der Waals surface area contributed by atoms with Crippen molar-refractivity contribution in [1.29, 1.82) is 0 Å². The van der Waals surface area contributed by atoms with Crippen molar-refractivity contribution in [3.63, 3.8) is 0 Å². The minimum absolute atomic E-state index is 0.387. The van der Waals surface area contributed by atoms with Gasteiger partial charge in [0.2, 0.25) is 0 Å². The smallest absolute Gasteiger partial charge is 0.119 e. The molecule has 0 saturated carbocycles. The zero-order valence-corrected chi connectivity index (χ0v) is 11.4. The van der Waals surface area contributed by atoms with E-state index in [4.69, 9.17) is 0 Å². The monoisotopic (exact) mass is 242 g/mol. The molecule has 0 aliphatic rings. The Balaban J connectivity index is 2.15. The van der Waals surface area contributed by atoms with E-state index in [-0.39, 0.29) is 0 Å². The van der Waals surface area contributed by atoms with Gasteiger partial charge in [-0.1, -0.05) is 50.5 Å². The van der Waals surface area contributed by atoms with Crippen molar-refractivity contribution in [2.75, 3.05) is 0 Å². The van der Waals surface area contributed by atoms with E-state index in [1.807, 2.05) is 13.0 Å². The molecule has 0 saturated heterocycles. The van der Waals surface area contributed by atoms with Gasteiger partial charge in [0, 0.05) is 0 Å². The van der Waals surface area contributed by atoms with E-state index in [0.717, 1.165) is 17.4 Å². The number of rotatable bonds is 5. The highest BCUT2D eigenvalue weighted by Gasteiger charge is 2.03. The summed E-state index contributed by atoms with van der Waals surface area (Å²) in [6, 6.07) is 10.4. The van der Waals surface area contributed by atoms with E-state index in [9.17, 15) is 5.11 Å². The molecule has 0 radical (unpaired) electrons. The molecular formula is C17H22O. The number of phenolic OH excluding ortho intramolecular Hbond substituents is 1. The van der Waals surface area contributed by atoms with Gasteiger partial charge in [-0.15, -0.1) is 0 Å². The lowest BCUT2D eigenvalue weighted by atomic mass is 9.99. The highest BCUT2D eigenvalue weighted by Crippen LogP contribution is 2.27. The van der Waals surface area contributed by atoms with Crippen LogP contribution in [0.3, 0.4) is 0 Å². The van der Waals surface area contributed by atoms with Crippen LogP contribution >= 0.6 is 0 Å². The fourth-order valence-electron chi connectivity index (χ4n) is 2.43. The molecule has 0 fully saturated rings. The molecule has 0 bridgehead atoms. The van der Waals surface area contributed by atoms with Crippen molar-refractivity contribution in [1.82, 2.24) is 0 Å². The Hall–Kier alpha value is -1.50. The molecule has 0 aliphatic heterocycles. The molecule has 96 valence electrons. The zero-order valence-electron chi connectivity index (χ0n) is 11.4. The summed E-state index contributed by atoms with van der Waals surface area (Å²) in [5.74, 6) is 0.387. The lowest BCUT2D eigenvalue weighted by molar-refractivity contribution is 0.472. The summed E-state index contributed by atoms with van der Waals surface area (Å²) in [6.45, 7) is 4.21. The molecule has 0 aliphatic carbocycles. The largest absolute Gasteiger partial charge is 0.508 e. The SMILES string of the molecule is CCCCCCc1ccc2c(C)c(O)ccc2c1. The molecule has 2 rings (SSSR count). The Morgan fingerprint density at radius 1 is 1.00 bits per heavy atom. The van der Waals surface area contributed by atoms with Crippen molar-refractivity contribution >= 4 is 10.8 Å². The van der Waals surface area contributed by atoms with Crippen molar-refractivity contribution in [3.05, 3.63) is 41.5 Å². The highest BCUT2D eigenvalue weighted by atomic mass is 16.3. The second kappa shape index (κ2) is 5.90. The van der Waals surface area contributed by atoms with Crippen LogP contribution in [0.4, 0.5) is 0 Å². The maximum atomic E-state index is 9.69. The second-order valence-electron chi connectivity index (χ2n) is 5.08. The molecule has 2 aromatic rings. The Kier molecular flexibility index (Phi) is 4.24. The van der Waals surface area contributed by atoms with Crippen molar-refractivity contribution < 1.29 is 5.11 Å². The van der Waals surface area contributed by atoms with Crippen molar-refractivity contribution in [2.24, 2.45) is 0 Å². The molecule has 0 atom stereocenters. The van der Waals surface area contributed by atoms with Crippen molar-refractivity contribution in [2.45, 2.75) is 46.0 Å². The quantitative estimate of drug-likeness (QED) is 0.733. The molecule has 1 heteroatoms. The third-order valence-corrected chi connectivity index (χ3v) is 3.64. The minimum atomic E-state index is 0.387. The van der Waals surface area contributed by atoms with Crippen molar-refractivity contribution in [3.8, 4) is 5.75 Å². The van der Waals surface area contributed by atoms with E-state index < -0.39 is 0 Å². The summed E-state index contributed by atoms with van der Waals surface area (Å²) >= 11 is 0. The van der Waals surface area contributed by atoms with Gasteiger partial charge in [0.25, 0.3) is 0 Å². The number of fused-ring (bicyclic) bond motifs is 1. The number of phenols is 1. The first-order chi connectivity index (χ1) is 8.72. The first-order valence-corrected chi connectivity index (χ1v) is 6.93. The number of hydrogen-bond acceptors (Lipinski definition) is 1. The van der Waals surface area contributed by atoms with Crippen LogP contribution in [0.25, 0.3) is 10.8 Å². The fraction of sp³-hybridized carbons (Fsp3) is 0.412. The van der Waals surface area contributed by atoms with Gasteiger partial charge in [-0.2, -0.15) is 0 Å². The van der Waals surface area contributed by atoms with Crippen LogP contribution in [0, 0.1) is 6.92 Å². The Morgan fingerprint density at radius 3 is 2.61 bits per heavy atom. The molecule has 1 nitrogen and oxygen atoms in total. The Bertz CT molecular complexity index is 528. The van der Waals surface area contributed by atoms with Gasteiger partial charge >= 0.3 is 0 Å². The zero-order chi connectivity index (χ0) is 13.0. The maximum Gasteiger partial charge on any atom is 0.119 e. The first kappa shape index (κ1) is 12.9. The number of aromatic hydroxyl groups is 1.